The van der Waals surface area contributed by atoms with Crippen LogP contribution in [0.4, 0.5) is 14.5 Å². The van der Waals surface area contributed by atoms with Crippen molar-refractivity contribution in [3.63, 3.8) is 0 Å². The molecule has 150 valence electrons. The van der Waals surface area contributed by atoms with Crippen LogP contribution in [0.3, 0.4) is 0 Å². The smallest absolute Gasteiger partial charge is 0.254 e. The summed E-state index contributed by atoms with van der Waals surface area (Å²) in [7, 11) is 0. The van der Waals surface area contributed by atoms with E-state index in [9.17, 15) is 13.6 Å². The molecule has 0 unspecified atom stereocenters. The number of anilines is 1. The van der Waals surface area contributed by atoms with Gasteiger partial charge < -0.3 is 10.6 Å². The monoisotopic (exact) mass is 415 g/mol. The lowest BCUT2D eigenvalue weighted by Gasteiger charge is -2.30. The van der Waals surface area contributed by atoms with E-state index in [0.717, 1.165) is 60.5 Å². The molecule has 1 aliphatic rings. The number of hydrogen-bond acceptors (Lipinski definition) is 3. The van der Waals surface area contributed by atoms with E-state index in [1.807, 2.05) is 24.3 Å². The second-order valence-corrected chi connectivity index (χ2v) is 7.75. The van der Waals surface area contributed by atoms with E-state index in [1.54, 1.807) is 6.20 Å². The number of rotatable bonds is 4. The van der Waals surface area contributed by atoms with Gasteiger partial charge in [-0.2, -0.15) is 0 Å². The minimum atomic E-state index is -0.719. The molecule has 2 aromatic carbocycles. The largest absolute Gasteiger partial charge is 0.382 e. The van der Waals surface area contributed by atoms with E-state index in [4.69, 9.17) is 11.6 Å². The van der Waals surface area contributed by atoms with E-state index >= 15 is 0 Å². The quantitative estimate of drug-likeness (QED) is 0.606. The van der Waals surface area contributed by atoms with Crippen LogP contribution >= 0.6 is 11.6 Å². The van der Waals surface area contributed by atoms with Crippen molar-refractivity contribution in [3.05, 3.63) is 70.9 Å². The lowest BCUT2D eigenvalue weighted by Crippen LogP contribution is -2.40. The van der Waals surface area contributed by atoms with Crippen LogP contribution in [0.1, 0.15) is 36.0 Å². The van der Waals surface area contributed by atoms with Gasteiger partial charge >= 0.3 is 0 Å². The van der Waals surface area contributed by atoms with Gasteiger partial charge in [-0.1, -0.05) is 11.6 Å². The number of halogens is 3. The van der Waals surface area contributed by atoms with Crippen molar-refractivity contribution in [1.29, 1.82) is 0 Å². The Morgan fingerprint density at radius 3 is 2.55 bits per heavy atom. The molecule has 2 N–H and O–H groups in total. The molecule has 4 rings (SSSR count). The van der Waals surface area contributed by atoms with Crippen LogP contribution in [0.25, 0.3) is 10.9 Å². The Morgan fingerprint density at radius 2 is 1.76 bits per heavy atom. The Morgan fingerprint density at radius 1 is 1.00 bits per heavy atom. The van der Waals surface area contributed by atoms with E-state index in [1.165, 1.54) is 0 Å². The number of carbonyl (C=O) groups is 1. The highest BCUT2D eigenvalue weighted by Gasteiger charge is 2.24. The number of hydrogen-bond donors (Lipinski definition) is 2. The van der Waals surface area contributed by atoms with Gasteiger partial charge in [0.2, 0.25) is 0 Å². The summed E-state index contributed by atoms with van der Waals surface area (Å²) in [6, 6.07) is 10.7. The third kappa shape index (κ3) is 4.48. The molecule has 29 heavy (non-hydrogen) atoms. The number of nitrogens with zero attached hydrogens (tertiary/aromatic N) is 1. The molecule has 1 fully saturated rings. The number of carbonyl (C=O) groups excluding carboxylic acids is 1. The maximum absolute atomic E-state index is 13.8. The maximum Gasteiger partial charge on any atom is 0.254 e. The lowest BCUT2D eigenvalue weighted by atomic mass is 9.90. The second-order valence-electron chi connectivity index (χ2n) is 7.31. The first kappa shape index (κ1) is 19.6. The van der Waals surface area contributed by atoms with Crippen LogP contribution < -0.4 is 10.6 Å². The van der Waals surface area contributed by atoms with Crippen molar-refractivity contribution in [3.8, 4) is 0 Å². The van der Waals surface area contributed by atoms with Crippen LogP contribution in [0.5, 0.6) is 0 Å². The minimum absolute atomic E-state index is 0.0591. The lowest BCUT2D eigenvalue weighted by molar-refractivity contribution is 0.0922. The van der Waals surface area contributed by atoms with Gasteiger partial charge in [0, 0.05) is 34.4 Å². The summed E-state index contributed by atoms with van der Waals surface area (Å²) in [6.07, 6.45) is 4.98. The van der Waals surface area contributed by atoms with Gasteiger partial charge in [-0.3, -0.25) is 9.78 Å². The second kappa shape index (κ2) is 8.33. The fraction of sp³-hybridized carbons (Fsp3) is 0.273. The normalized spacial score (nSPS) is 19.1. The minimum Gasteiger partial charge on any atom is -0.382 e. The standard InChI is InChI=1S/C22H20ClF2N3O/c23-13-1-7-17-20(9-10-26-21(17)11-13)27-15-3-5-16(6-4-15)28-22(29)18-12-14(24)2-8-19(18)25/h1-2,7-12,15-16H,3-6H2,(H,26,27)(H,28,29)/t15-,16+. The van der Waals surface area contributed by atoms with E-state index in [0.29, 0.717) is 5.02 Å². The molecule has 1 amide bonds. The van der Waals surface area contributed by atoms with E-state index in [-0.39, 0.29) is 17.6 Å². The number of benzene rings is 2. The van der Waals surface area contributed by atoms with Gasteiger partial charge in [-0.05, 0) is 68.1 Å². The average Bonchev–Trinajstić information content (AvgIpc) is 2.71. The Bertz CT molecular complexity index is 1050. The number of fused-ring (bicyclic) bond motifs is 1. The van der Waals surface area contributed by atoms with Gasteiger partial charge in [0.15, 0.2) is 0 Å². The van der Waals surface area contributed by atoms with Crippen molar-refractivity contribution >= 4 is 34.1 Å². The molecule has 0 radical (unpaired) electrons. The fourth-order valence-corrected chi connectivity index (χ4v) is 3.95. The van der Waals surface area contributed by atoms with Crippen LogP contribution in [-0.4, -0.2) is 23.0 Å². The summed E-state index contributed by atoms with van der Waals surface area (Å²) in [4.78, 5) is 16.6. The molecule has 0 spiro atoms. The zero-order valence-electron chi connectivity index (χ0n) is 15.6. The molecule has 0 bridgehead atoms. The maximum atomic E-state index is 13.8. The average molecular weight is 416 g/mol. The Kier molecular flexibility index (Phi) is 5.62. The first-order chi connectivity index (χ1) is 14.0. The molecule has 0 atom stereocenters. The van der Waals surface area contributed by atoms with Crippen molar-refractivity contribution in [2.45, 2.75) is 37.8 Å². The zero-order valence-corrected chi connectivity index (χ0v) is 16.3. The van der Waals surface area contributed by atoms with E-state index in [2.05, 4.69) is 15.6 Å². The summed E-state index contributed by atoms with van der Waals surface area (Å²) in [5.74, 6) is -1.92. The molecule has 0 saturated heterocycles. The summed E-state index contributed by atoms with van der Waals surface area (Å²) in [6.45, 7) is 0. The fourth-order valence-electron chi connectivity index (χ4n) is 3.78. The predicted molar refractivity (Wildman–Crippen MR) is 110 cm³/mol. The van der Waals surface area contributed by atoms with Crippen molar-refractivity contribution < 1.29 is 13.6 Å². The SMILES string of the molecule is O=C(N[C@H]1CC[C@@H](Nc2ccnc3cc(Cl)ccc23)CC1)c1cc(F)ccc1F. The van der Waals surface area contributed by atoms with Crippen molar-refractivity contribution in [2.24, 2.45) is 0 Å². The molecule has 3 aromatic rings. The molecule has 1 aromatic heterocycles. The van der Waals surface area contributed by atoms with Crippen molar-refractivity contribution in [2.75, 3.05) is 5.32 Å². The van der Waals surface area contributed by atoms with Gasteiger partial charge in [0.25, 0.3) is 5.91 Å². The predicted octanol–water partition coefficient (Wildman–Crippen LogP) is 5.32. The highest BCUT2D eigenvalue weighted by Crippen LogP contribution is 2.28. The summed E-state index contributed by atoms with van der Waals surface area (Å²) in [5.41, 5.74) is 1.58. The van der Waals surface area contributed by atoms with Crippen LogP contribution in [0, 0.1) is 11.6 Å². The van der Waals surface area contributed by atoms with Crippen LogP contribution in [-0.2, 0) is 0 Å². The number of amides is 1. The molecule has 4 nitrogen and oxygen atoms in total. The highest BCUT2D eigenvalue weighted by molar-refractivity contribution is 6.31. The summed E-state index contributed by atoms with van der Waals surface area (Å²) in [5, 5.41) is 8.04. The number of aromatic nitrogens is 1. The molecule has 1 heterocycles. The molecular weight excluding hydrogens is 396 g/mol. The number of pyridine rings is 1. The molecule has 7 heteroatoms. The van der Waals surface area contributed by atoms with Crippen LogP contribution in [0.15, 0.2) is 48.7 Å². The summed E-state index contributed by atoms with van der Waals surface area (Å²) < 4.78 is 27.1. The van der Waals surface area contributed by atoms with Crippen LogP contribution in [0.2, 0.25) is 5.02 Å². The summed E-state index contributed by atoms with van der Waals surface area (Å²) >= 11 is 6.04. The Labute approximate surface area is 172 Å². The van der Waals surface area contributed by atoms with Gasteiger partial charge in [0.1, 0.15) is 11.6 Å². The first-order valence-corrected chi connectivity index (χ1v) is 9.94. The molecular formula is C22H20ClF2N3O. The molecule has 0 aliphatic heterocycles. The molecule has 1 aliphatic carbocycles. The zero-order chi connectivity index (χ0) is 20.4. The third-order valence-electron chi connectivity index (χ3n) is 5.30. The molecule has 1 saturated carbocycles. The highest BCUT2D eigenvalue weighted by atomic mass is 35.5. The first-order valence-electron chi connectivity index (χ1n) is 9.56. The van der Waals surface area contributed by atoms with E-state index < -0.39 is 17.5 Å². The number of nitrogens with one attached hydrogen (secondary N) is 2. The van der Waals surface area contributed by atoms with Gasteiger partial charge in [-0.15, -0.1) is 0 Å². The van der Waals surface area contributed by atoms with Gasteiger partial charge in [-0.25, -0.2) is 8.78 Å². The van der Waals surface area contributed by atoms with Gasteiger partial charge in [0.05, 0.1) is 11.1 Å². The Hall–Kier alpha value is -2.73. The van der Waals surface area contributed by atoms with Crippen molar-refractivity contribution in [1.82, 2.24) is 10.3 Å². The Balaban J connectivity index is 1.36. The third-order valence-corrected chi connectivity index (χ3v) is 5.53. The topological polar surface area (TPSA) is 54.0 Å².